The van der Waals surface area contributed by atoms with Gasteiger partial charge in [0.2, 0.25) is 0 Å². The van der Waals surface area contributed by atoms with Crippen molar-refractivity contribution < 1.29 is 9.59 Å². The number of hydrazine groups is 1. The molecule has 0 aliphatic heterocycles. The summed E-state index contributed by atoms with van der Waals surface area (Å²) in [5, 5.41) is 2.55. The zero-order valence-electron chi connectivity index (χ0n) is 15.2. The van der Waals surface area contributed by atoms with Crippen LogP contribution in [-0.4, -0.2) is 16.9 Å². The fraction of sp³-hybridized carbons (Fsp3) is 0.0455. The standard InChI is InChI=1S/C22H19N3O2S/c1-15-6-5-9-19(14-15)21(27)24-25-22(28)23-20(26)18-12-10-17(11-13-18)16-7-3-2-4-8-16/h2-14H,1H3,(H,24,27)(H2,23,25,26,28). The van der Waals surface area contributed by atoms with Crippen molar-refractivity contribution in [2.24, 2.45) is 0 Å². The van der Waals surface area contributed by atoms with Crippen molar-refractivity contribution in [2.75, 3.05) is 0 Å². The minimum absolute atomic E-state index is 0.0122. The highest BCUT2D eigenvalue weighted by Gasteiger charge is 2.10. The van der Waals surface area contributed by atoms with Crippen molar-refractivity contribution in [2.45, 2.75) is 6.92 Å². The molecule has 28 heavy (non-hydrogen) atoms. The molecular weight excluding hydrogens is 370 g/mol. The highest BCUT2D eigenvalue weighted by Crippen LogP contribution is 2.19. The number of rotatable bonds is 3. The monoisotopic (exact) mass is 389 g/mol. The zero-order chi connectivity index (χ0) is 19.9. The van der Waals surface area contributed by atoms with Gasteiger partial charge in [0.1, 0.15) is 0 Å². The number of carbonyl (C=O) groups is 2. The number of amides is 2. The SMILES string of the molecule is Cc1cccc(C(=O)NNC(=S)NC(=O)c2ccc(-c3ccccc3)cc2)c1. The van der Waals surface area contributed by atoms with E-state index in [4.69, 9.17) is 12.2 Å². The molecule has 3 N–H and O–H groups in total. The van der Waals surface area contributed by atoms with Gasteiger partial charge in [-0.25, -0.2) is 0 Å². The van der Waals surface area contributed by atoms with Crippen LogP contribution in [-0.2, 0) is 0 Å². The molecule has 3 rings (SSSR count). The van der Waals surface area contributed by atoms with Gasteiger partial charge in [-0.15, -0.1) is 0 Å². The van der Waals surface area contributed by atoms with Crippen LogP contribution in [0.2, 0.25) is 0 Å². The van der Waals surface area contributed by atoms with Crippen molar-refractivity contribution in [3.63, 3.8) is 0 Å². The number of carbonyl (C=O) groups excluding carboxylic acids is 2. The Morgan fingerprint density at radius 3 is 2.07 bits per heavy atom. The third kappa shape index (κ3) is 5.02. The number of nitrogens with one attached hydrogen (secondary N) is 3. The molecule has 0 saturated carbocycles. The average Bonchev–Trinajstić information content (AvgIpc) is 2.72. The summed E-state index contributed by atoms with van der Waals surface area (Å²) >= 11 is 5.07. The van der Waals surface area contributed by atoms with E-state index in [0.29, 0.717) is 11.1 Å². The van der Waals surface area contributed by atoms with Crippen molar-refractivity contribution in [3.8, 4) is 11.1 Å². The molecule has 0 saturated heterocycles. The van der Waals surface area contributed by atoms with E-state index in [0.717, 1.165) is 16.7 Å². The van der Waals surface area contributed by atoms with Crippen LogP contribution in [0.15, 0.2) is 78.9 Å². The summed E-state index contributed by atoms with van der Waals surface area (Å²) in [4.78, 5) is 24.4. The molecule has 0 aliphatic rings. The Hall–Kier alpha value is -3.51. The van der Waals surface area contributed by atoms with E-state index in [-0.39, 0.29) is 16.9 Å². The van der Waals surface area contributed by atoms with E-state index in [1.165, 1.54) is 0 Å². The molecule has 3 aromatic carbocycles. The molecule has 5 nitrogen and oxygen atoms in total. The van der Waals surface area contributed by atoms with Gasteiger partial charge in [-0.2, -0.15) is 0 Å². The summed E-state index contributed by atoms with van der Waals surface area (Å²) in [6, 6.07) is 24.2. The molecule has 0 fully saturated rings. The summed E-state index contributed by atoms with van der Waals surface area (Å²) in [5.74, 6) is -0.700. The second-order valence-corrected chi connectivity index (χ2v) is 6.58. The van der Waals surface area contributed by atoms with E-state index in [1.54, 1.807) is 30.3 Å². The van der Waals surface area contributed by atoms with Crippen molar-refractivity contribution in [1.82, 2.24) is 16.2 Å². The lowest BCUT2D eigenvalue weighted by molar-refractivity contribution is 0.0934. The van der Waals surface area contributed by atoms with Gasteiger partial charge in [0.25, 0.3) is 11.8 Å². The van der Waals surface area contributed by atoms with Gasteiger partial charge in [-0.3, -0.25) is 25.8 Å². The second-order valence-electron chi connectivity index (χ2n) is 6.18. The van der Waals surface area contributed by atoms with Crippen molar-refractivity contribution in [1.29, 1.82) is 0 Å². The van der Waals surface area contributed by atoms with Crippen molar-refractivity contribution in [3.05, 3.63) is 95.6 Å². The number of hydrogen-bond acceptors (Lipinski definition) is 3. The summed E-state index contributed by atoms with van der Waals surface area (Å²) in [6.07, 6.45) is 0. The minimum Gasteiger partial charge on any atom is -0.298 e. The molecule has 0 aliphatic carbocycles. The second kappa shape index (κ2) is 8.92. The third-order valence-electron chi connectivity index (χ3n) is 4.05. The maximum absolute atomic E-state index is 12.3. The van der Waals surface area contributed by atoms with Gasteiger partial charge >= 0.3 is 0 Å². The molecule has 0 spiro atoms. The van der Waals surface area contributed by atoms with Crippen LogP contribution in [0.3, 0.4) is 0 Å². The van der Waals surface area contributed by atoms with Crippen LogP contribution in [0.4, 0.5) is 0 Å². The van der Waals surface area contributed by atoms with Crippen LogP contribution in [0.1, 0.15) is 26.3 Å². The molecule has 0 atom stereocenters. The molecule has 6 heteroatoms. The predicted molar refractivity (Wildman–Crippen MR) is 114 cm³/mol. The van der Waals surface area contributed by atoms with Crippen LogP contribution >= 0.6 is 12.2 Å². The first-order chi connectivity index (χ1) is 13.5. The maximum atomic E-state index is 12.3. The first-order valence-electron chi connectivity index (χ1n) is 8.67. The van der Waals surface area contributed by atoms with Gasteiger partial charge in [-0.1, -0.05) is 60.2 Å². The fourth-order valence-electron chi connectivity index (χ4n) is 2.62. The van der Waals surface area contributed by atoms with Crippen molar-refractivity contribution >= 4 is 29.1 Å². The number of hydrogen-bond donors (Lipinski definition) is 3. The average molecular weight is 389 g/mol. The third-order valence-corrected chi connectivity index (χ3v) is 4.26. The van der Waals surface area contributed by atoms with Crippen LogP contribution in [0.5, 0.6) is 0 Å². The van der Waals surface area contributed by atoms with Crippen LogP contribution < -0.4 is 16.2 Å². The van der Waals surface area contributed by atoms with Crippen LogP contribution in [0, 0.1) is 6.92 Å². The molecule has 0 heterocycles. The molecule has 0 bridgehead atoms. The van der Waals surface area contributed by atoms with Gasteiger partial charge in [0, 0.05) is 11.1 Å². The van der Waals surface area contributed by atoms with E-state index < -0.39 is 0 Å². The number of thiocarbonyl (C=S) groups is 1. The zero-order valence-corrected chi connectivity index (χ0v) is 16.0. The quantitative estimate of drug-likeness (QED) is 0.473. The first kappa shape index (κ1) is 19.3. The Bertz CT molecular complexity index is 1000. The normalized spacial score (nSPS) is 10.0. The summed E-state index contributed by atoms with van der Waals surface area (Å²) < 4.78 is 0. The van der Waals surface area contributed by atoms with Crippen LogP contribution in [0.25, 0.3) is 11.1 Å². The number of aryl methyl sites for hydroxylation is 1. The highest BCUT2D eigenvalue weighted by molar-refractivity contribution is 7.80. The molecule has 0 unspecified atom stereocenters. The Labute approximate surface area is 168 Å². The van der Waals surface area contributed by atoms with E-state index in [1.807, 2.05) is 55.5 Å². The Morgan fingerprint density at radius 1 is 0.714 bits per heavy atom. The van der Waals surface area contributed by atoms with Gasteiger partial charge in [0.05, 0.1) is 0 Å². The van der Waals surface area contributed by atoms with E-state index >= 15 is 0 Å². The van der Waals surface area contributed by atoms with Gasteiger partial charge in [0.15, 0.2) is 5.11 Å². The van der Waals surface area contributed by atoms with E-state index in [9.17, 15) is 9.59 Å². The molecule has 0 aromatic heterocycles. The van der Waals surface area contributed by atoms with Gasteiger partial charge < -0.3 is 0 Å². The lowest BCUT2D eigenvalue weighted by atomic mass is 10.0. The fourth-order valence-corrected chi connectivity index (χ4v) is 2.77. The Balaban J connectivity index is 1.54. The predicted octanol–water partition coefficient (Wildman–Crippen LogP) is 3.61. The summed E-state index contributed by atoms with van der Waals surface area (Å²) in [6.45, 7) is 1.90. The molecule has 2 amide bonds. The Kier molecular flexibility index (Phi) is 6.14. The van der Waals surface area contributed by atoms with E-state index in [2.05, 4.69) is 16.2 Å². The molecular formula is C22H19N3O2S. The highest BCUT2D eigenvalue weighted by atomic mass is 32.1. The largest absolute Gasteiger partial charge is 0.298 e. The lowest BCUT2D eigenvalue weighted by Gasteiger charge is -2.11. The minimum atomic E-state index is -0.359. The number of benzene rings is 3. The smallest absolute Gasteiger partial charge is 0.269 e. The summed E-state index contributed by atoms with van der Waals surface area (Å²) in [7, 11) is 0. The first-order valence-corrected chi connectivity index (χ1v) is 9.07. The maximum Gasteiger partial charge on any atom is 0.269 e. The molecule has 3 aromatic rings. The Morgan fingerprint density at radius 2 is 1.39 bits per heavy atom. The molecule has 140 valence electrons. The topological polar surface area (TPSA) is 70.2 Å². The van der Waals surface area contributed by atoms with Gasteiger partial charge in [-0.05, 0) is 54.5 Å². The summed E-state index contributed by atoms with van der Waals surface area (Å²) in [5.41, 5.74) is 9.04. The lowest BCUT2D eigenvalue weighted by Crippen LogP contribution is -2.48. The molecule has 0 radical (unpaired) electrons.